The highest BCUT2D eigenvalue weighted by Crippen LogP contribution is 2.47. The van der Waals surface area contributed by atoms with Crippen LogP contribution in [-0.2, 0) is 0 Å². The second-order valence-electron chi connectivity index (χ2n) is 19.5. The van der Waals surface area contributed by atoms with E-state index >= 15 is 0 Å². The minimum atomic E-state index is 0.908. The topological polar surface area (TPSA) is 13.1 Å². The maximum Gasteiger partial charge on any atom is 0.135 e. The molecule has 15 rings (SSSR count). The van der Waals surface area contributed by atoms with Gasteiger partial charge in [-0.15, -0.1) is 0 Å². The number of benzene rings is 14. The standard InChI is InChI=1S/C72H44O/c1-2-14-48(15-3-1)69-58-17-4-6-19-60(58)70(61-20-7-5-18-59(61)69)49-32-26-45(27-33-49)50-34-28-46-29-35-51(41-55(46)40-50)52-36-30-47-31-37-53(43-56(47)42-52)71-62-21-8-10-23-64(62)72(65-24-11-9-22-63(65)71)54-38-39-68-66(44-54)57-16-12-13-25-67(57)73-68/h1-44H. The molecule has 0 atom stereocenters. The Morgan fingerprint density at radius 2 is 0.466 bits per heavy atom. The molecule has 0 aliphatic carbocycles. The molecule has 0 N–H and O–H groups in total. The first-order valence-electron chi connectivity index (χ1n) is 25.2. The van der Waals surface area contributed by atoms with Crippen molar-refractivity contribution in [3.8, 4) is 66.8 Å². The fraction of sp³-hybridized carbons (Fsp3) is 0. The summed E-state index contributed by atoms with van der Waals surface area (Å²) in [5.74, 6) is 0. The molecule has 0 aliphatic heterocycles. The van der Waals surface area contributed by atoms with Gasteiger partial charge >= 0.3 is 0 Å². The molecule has 0 amide bonds. The predicted octanol–water partition coefficient (Wildman–Crippen LogP) is 20.5. The van der Waals surface area contributed by atoms with Gasteiger partial charge in [0.15, 0.2) is 0 Å². The number of fused-ring (bicyclic) bond motifs is 9. The smallest absolute Gasteiger partial charge is 0.135 e. The van der Waals surface area contributed by atoms with Crippen LogP contribution in [0, 0.1) is 0 Å². The normalized spacial score (nSPS) is 11.8. The lowest BCUT2D eigenvalue weighted by Crippen LogP contribution is -1.91. The van der Waals surface area contributed by atoms with Crippen molar-refractivity contribution in [1.29, 1.82) is 0 Å². The highest BCUT2D eigenvalue weighted by atomic mass is 16.3. The van der Waals surface area contributed by atoms with Gasteiger partial charge in [0, 0.05) is 10.8 Å². The average Bonchev–Trinajstić information content (AvgIpc) is 3.84. The van der Waals surface area contributed by atoms with Crippen LogP contribution in [0.15, 0.2) is 271 Å². The van der Waals surface area contributed by atoms with Crippen molar-refractivity contribution in [2.75, 3.05) is 0 Å². The molecular weight excluding hydrogens is 881 g/mol. The average molecular weight is 925 g/mol. The van der Waals surface area contributed by atoms with E-state index in [2.05, 4.69) is 255 Å². The lowest BCUT2D eigenvalue weighted by atomic mass is 9.85. The maximum atomic E-state index is 6.25. The third kappa shape index (κ3) is 6.71. The lowest BCUT2D eigenvalue weighted by Gasteiger charge is -2.18. The Labute approximate surface area is 422 Å². The second-order valence-corrected chi connectivity index (χ2v) is 19.5. The van der Waals surface area contributed by atoms with E-state index < -0.39 is 0 Å². The minimum absolute atomic E-state index is 0.908. The first-order valence-corrected chi connectivity index (χ1v) is 25.2. The SMILES string of the molecule is c1ccc(-c2c3ccccc3c(-c3ccc(-c4ccc5ccc(-c6ccc7ccc(-c8c9ccccc9c(-c9ccc%10oc%11ccccc%11c%10c9)c9ccccc89)cc7c6)cc5c4)cc3)c3ccccc23)cc1. The van der Waals surface area contributed by atoms with E-state index in [-0.39, 0.29) is 0 Å². The Bertz CT molecular complexity index is 4600. The summed E-state index contributed by atoms with van der Waals surface area (Å²) in [6, 6.07) is 98.2. The van der Waals surface area contributed by atoms with Crippen molar-refractivity contribution in [2.24, 2.45) is 0 Å². The number of hydrogen-bond acceptors (Lipinski definition) is 1. The van der Waals surface area contributed by atoms with Crippen LogP contribution < -0.4 is 0 Å². The molecule has 0 bridgehead atoms. The summed E-state index contributed by atoms with van der Waals surface area (Å²) >= 11 is 0. The molecule has 1 heteroatoms. The molecule has 1 nitrogen and oxygen atoms in total. The van der Waals surface area contributed by atoms with Gasteiger partial charge in [0.1, 0.15) is 11.2 Å². The van der Waals surface area contributed by atoms with E-state index in [0.29, 0.717) is 0 Å². The summed E-state index contributed by atoms with van der Waals surface area (Å²) in [5.41, 5.74) is 16.5. The van der Waals surface area contributed by atoms with Gasteiger partial charge in [-0.3, -0.25) is 0 Å². The molecule has 0 fully saturated rings. The minimum Gasteiger partial charge on any atom is -0.456 e. The zero-order valence-corrected chi connectivity index (χ0v) is 39.8. The molecule has 73 heavy (non-hydrogen) atoms. The summed E-state index contributed by atoms with van der Waals surface area (Å²) < 4.78 is 6.25. The Hall–Kier alpha value is -9.56. The van der Waals surface area contributed by atoms with Crippen molar-refractivity contribution in [1.82, 2.24) is 0 Å². The van der Waals surface area contributed by atoms with Crippen LogP contribution in [0.1, 0.15) is 0 Å². The van der Waals surface area contributed by atoms with E-state index in [0.717, 1.165) is 21.9 Å². The number of rotatable bonds is 6. The summed E-state index contributed by atoms with van der Waals surface area (Å²) in [6.07, 6.45) is 0. The van der Waals surface area contributed by atoms with Crippen LogP contribution in [0.3, 0.4) is 0 Å². The molecule has 0 saturated carbocycles. The Morgan fingerprint density at radius 3 is 0.945 bits per heavy atom. The van der Waals surface area contributed by atoms with Crippen molar-refractivity contribution in [3.05, 3.63) is 267 Å². The monoisotopic (exact) mass is 924 g/mol. The van der Waals surface area contributed by atoms with E-state index in [1.807, 2.05) is 12.1 Å². The van der Waals surface area contributed by atoms with Crippen molar-refractivity contribution < 1.29 is 4.42 Å². The van der Waals surface area contributed by atoms with Crippen LogP contribution in [0.5, 0.6) is 0 Å². The highest BCUT2D eigenvalue weighted by Gasteiger charge is 2.20. The lowest BCUT2D eigenvalue weighted by molar-refractivity contribution is 0.669. The van der Waals surface area contributed by atoms with E-state index in [1.165, 1.54) is 131 Å². The Morgan fingerprint density at radius 1 is 0.164 bits per heavy atom. The summed E-state index contributed by atoms with van der Waals surface area (Å²) in [7, 11) is 0. The zero-order chi connectivity index (χ0) is 48.0. The Balaban J connectivity index is 0.793. The Kier molecular flexibility index (Phi) is 9.33. The van der Waals surface area contributed by atoms with Gasteiger partial charge in [-0.2, -0.15) is 0 Å². The zero-order valence-electron chi connectivity index (χ0n) is 39.8. The summed E-state index contributed by atoms with van der Waals surface area (Å²) in [6.45, 7) is 0. The molecule has 14 aromatic carbocycles. The quantitative estimate of drug-likeness (QED) is 0.151. The molecule has 15 aromatic rings. The van der Waals surface area contributed by atoms with Gasteiger partial charge in [0.2, 0.25) is 0 Å². The molecular formula is C72H44O. The van der Waals surface area contributed by atoms with Crippen LogP contribution in [-0.4, -0.2) is 0 Å². The van der Waals surface area contributed by atoms with Crippen molar-refractivity contribution in [2.45, 2.75) is 0 Å². The second kappa shape index (κ2) is 16.5. The van der Waals surface area contributed by atoms with Crippen molar-refractivity contribution in [3.63, 3.8) is 0 Å². The van der Waals surface area contributed by atoms with Crippen molar-refractivity contribution >= 4 is 86.6 Å². The third-order valence-corrected chi connectivity index (χ3v) is 15.4. The number of para-hydroxylation sites is 1. The molecule has 338 valence electrons. The van der Waals surface area contributed by atoms with Gasteiger partial charge in [-0.1, -0.05) is 224 Å². The molecule has 0 spiro atoms. The van der Waals surface area contributed by atoms with Gasteiger partial charge < -0.3 is 4.42 Å². The first kappa shape index (κ1) is 41.2. The fourth-order valence-electron chi connectivity index (χ4n) is 12.0. The number of furan rings is 1. The van der Waals surface area contributed by atoms with Crippen LogP contribution in [0.4, 0.5) is 0 Å². The fourth-order valence-corrected chi connectivity index (χ4v) is 12.0. The van der Waals surface area contributed by atoms with Gasteiger partial charge in [-0.25, -0.2) is 0 Å². The third-order valence-electron chi connectivity index (χ3n) is 15.4. The molecule has 0 radical (unpaired) electrons. The van der Waals surface area contributed by atoms with Gasteiger partial charge in [0.05, 0.1) is 0 Å². The molecule has 0 saturated heterocycles. The summed E-state index contributed by atoms with van der Waals surface area (Å²) in [4.78, 5) is 0. The van der Waals surface area contributed by atoms with E-state index in [9.17, 15) is 0 Å². The van der Waals surface area contributed by atoms with Crippen LogP contribution in [0.25, 0.3) is 153 Å². The molecule has 0 aliphatic rings. The van der Waals surface area contributed by atoms with Crippen LogP contribution in [0.2, 0.25) is 0 Å². The maximum absolute atomic E-state index is 6.25. The predicted molar refractivity (Wildman–Crippen MR) is 311 cm³/mol. The van der Waals surface area contributed by atoms with E-state index in [4.69, 9.17) is 4.42 Å². The molecule has 1 aromatic heterocycles. The van der Waals surface area contributed by atoms with Gasteiger partial charge in [0.25, 0.3) is 0 Å². The number of hydrogen-bond donors (Lipinski definition) is 0. The van der Waals surface area contributed by atoms with Gasteiger partial charge in [-0.05, 0) is 174 Å². The highest BCUT2D eigenvalue weighted by molar-refractivity contribution is 6.23. The molecule has 0 unspecified atom stereocenters. The largest absolute Gasteiger partial charge is 0.456 e. The van der Waals surface area contributed by atoms with E-state index in [1.54, 1.807) is 0 Å². The van der Waals surface area contributed by atoms with Crippen LogP contribution >= 0.6 is 0 Å². The first-order chi connectivity index (χ1) is 36.2. The summed E-state index contributed by atoms with van der Waals surface area (Å²) in [5, 5.41) is 17.2. The molecule has 1 heterocycles.